The summed E-state index contributed by atoms with van der Waals surface area (Å²) in [5.41, 5.74) is 1.26. The van der Waals surface area contributed by atoms with E-state index in [1.165, 1.54) is 18.4 Å². The molecule has 0 bridgehead atoms. The molecule has 1 heterocycles. The third kappa shape index (κ3) is 3.80. The summed E-state index contributed by atoms with van der Waals surface area (Å²) in [5, 5.41) is 8.09. The molecule has 108 valence electrons. The maximum atomic E-state index is 5.76. The Labute approximate surface area is 116 Å². The van der Waals surface area contributed by atoms with Gasteiger partial charge in [0.2, 0.25) is 0 Å². The number of ether oxygens (including phenoxy) is 1. The summed E-state index contributed by atoms with van der Waals surface area (Å²) in [6.07, 6.45) is 9.30. The van der Waals surface area contributed by atoms with Crippen molar-refractivity contribution in [2.45, 2.75) is 58.2 Å². The lowest BCUT2D eigenvalue weighted by Crippen LogP contribution is -2.35. The molecule has 1 aromatic rings. The third-order valence-corrected chi connectivity index (χ3v) is 3.77. The van der Waals surface area contributed by atoms with Gasteiger partial charge in [0.1, 0.15) is 0 Å². The Hall–Kier alpha value is -0.870. The van der Waals surface area contributed by atoms with Crippen LogP contribution in [0.1, 0.15) is 51.1 Å². The van der Waals surface area contributed by atoms with Crippen molar-refractivity contribution in [1.82, 2.24) is 15.1 Å². The van der Waals surface area contributed by atoms with Crippen molar-refractivity contribution < 1.29 is 4.74 Å². The fourth-order valence-electron chi connectivity index (χ4n) is 2.64. The zero-order chi connectivity index (χ0) is 13.7. The van der Waals surface area contributed by atoms with Gasteiger partial charge in [-0.25, -0.2) is 0 Å². The lowest BCUT2D eigenvalue weighted by atomic mass is 10.0. The van der Waals surface area contributed by atoms with Gasteiger partial charge in [0.25, 0.3) is 0 Å². The van der Waals surface area contributed by atoms with Gasteiger partial charge >= 0.3 is 0 Å². The predicted octanol–water partition coefficient (Wildman–Crippen LogP) is 2.76. The van der Waals surface area contributed by atoms with Gasteiger partial charge in [-0.1, -0.05) is 13.8 Å². The molecule has 0 radical (unpaired) electrons. The van der Waals surface area contributed by atoms with Gasteiger partial charge in [0.05, 0.1) is 18.3 Å². The first-order valence-corrected chi connectivity index (χ1v) is 7.58. The van der Waals surface area contributed by atoms with Crippen molar-refractivity contribution in [2.24, 2.45) is 5.92 Å². The second kappa shape index (κ2) is 7.06. The number of nitrogens with one attached hydrogen (secondary N) is 1. The average molecular weight is 265 g/mol. The van der Waals surface area contributed by atoms with E-state index in [0.29, 0.717) is 5.92 Å². The highest BCUT2D eigenvalue weighted by Gasteiger charge is 2.37. The summed E-state index contributed by atoms with van der Waals surface area (Å²) in [5.74, 6) is 0.717. The molecule has 2 atom stereocenters. The Bertz CT molecular complexity index is 373. The Morgan fingerprint density at radius 1 is 1.42 bits per heavy atom. The van der Waals surface area contributed by atoms with Crippen LogP contribution in [0.2, 0.25) is 0 Å². The second-order valence-electron chi connectivity index (χ2n) is 5.51. The fraction of sp³-hybridized carbons (Fsp3) is 0.800. The van der Waals surface area contributed by atoms with E-state index in [1.807, 2.05) is 18.0 Å². The molecule has 4 heteroatoms. The largest absolute Gasteiger partial charge is 0.379 e. The molecule has 2 rings (SSSR count). The lowest BCUT2D eigenvalue weighted by molar-refractivity contribution is 0.0506. The van der Waals surface area contributed by atoms with Crippen molar-refractivity contribution in [3.8, 4) is 0 Å². The molecular formula is C15H27N3O. The first kappa shape index (κ1) is 14.5. The van der Waals surface area contributed by atoms with Crippen LogP contribution in [0.4, 0.5) is 0 Å². The minimum atomic E-state index is 0.281. The maximum absolute atomic E-state index is 5.76. The Balaban J connectivity index is 2.09. The summed E-state index contributed by atoms with van der Waals surface area (Å²) in [7, 11) is 1.83. The fourth-order valence-corrected chi connectivity index (χ4v) is 2.64. The summed E-state index contributed by atoms with van der Waals surface area (Å²) >= 11 is 0. The van der Waals surface area contributed by atoms with Crippen LogP contribution >= 0.6 is 0 Å². The molecule has 0 aliphatic heterocycles. The molecule has 4 nitrogen and oxygen atoms in total. The molecule has 1 aromatic heterocycles. The first-order valence-electron chi connectivity index (χ1n) is 7.58. The smallest absolute Gasteiger partial charge is 0.0795 e. The monoisotopic (exact) mass is 265 g/mol. The van der Waals surface area contributed by atoms with Gasteiger partial charge < -0.3 is 10.1 Å². The standard InChI is InChI=1S/C15H27N3O/c1-4-8-16-14(15(19-3)12-6-7-12)13-10-17-18(11-13)9-5-2/h10-12,14-16H,4-9H2,1-3H3. The molecule has 0 spiro atoms. The van der Waals surface area contributed by atoms with Crippen LogP contribution in [0.15, 0.2) is 12.4 Å². The van der Waals surface area contributed by atoms with E-state index in [2.05, 4.69) is 30.5 Å². The molecule has 0 saturated heterocycles. The highest BCUT2D eigenvalue weighted by molar-refractivity contribution is 5.14. The van der Waals surface area contributed by atoms with Crippen LogP contribution < -0.4 is 5.32 Å². The molecule has 19 heavy (non-hydrogen) atoms. The van der Waals surface area contributed by atoms with Crippen LogP contribution in [-0.4, -0.2) is 29.5 Å². The maximum Gasteiger partial charge on any atom is 0.0795 e. The molecule has 1 aliphatic carbocycles. The van der Waals surface area contributed by atoms with E-state index in [4.69, 9.17) is 4.74 Å². The number of hydrogen-bond donors (Lipinski definition) is 1. The molecule has 1 saturated carbocycles. The minimum Gasteiger partial charge on any atom is -0.379 e. The zero-order valence-corrected chi connectivity index (χ0v) is 12.4. The Morgan fingerprint density at radius 2 is 2.21 bits per heavy atom. The Morgan fingerprint density at radius 3 is 2.79 bits per heavy atom. The topological polar surface area (TPSA) is 39.1 Å². The number of hydrogen-bond acceptors (Lipinski definition) is 3. The highest BCUT2D eigenvalue weighted by Crippen LogP contribution is 2.39. The first-order chi connectivity index (χ1) is 9.30. The van der Waals surface area contributed by atoms with Crippen LogP contribution in [0.5, 0.6) is 0 Å². The molecule has 1 N–H and O–H groups in total. The van der Waals surface area contributed by atoms with E-state index in [1.54, 1.807) is 0 Å². The number of methoxy groups -OCH3 is 1. The van der Waals surface area contributed by atoms with Gasteiger partial charge in [-0.15, -0.1) is 0 Å². The van der Waals surface area contributed by atoms with E-state index >= 15 is 0 Å². The number of rotatable bonds is 9. The quantitative estimate of drug-likeness (QED) is 0.746. The average Bonchev–Trinajstić information content (AvgIpc) is 3.15. The molecule has 2 unspecified atom stereocenters. The van der Waals surface area contributed by atoms with Crippen LogP contribution in [-0.2, 0) is 11.3 Å². The molecular weight excluding hydrogens is 238 g/mol. The van der Waals surface area contributed by atoms with Crippen LogP contribution in [0.25, 0.3) is 0 Å². The van der Waals surface area contributed by atoms with Crippen molar-refractivity contribution in [1.29, 1.82) is 0 Å². The summed E-state index contributed by atoms with van der Waals surface area (Å²) in [4.78, 5) is 0. The van der Waals surface area contributed by atoms with E-state index < -0.39 is 0 Å². The normalized spacial score (nSPS) is 18.5. The summed E-state index contributed by atoms with van der Waals surface area (Å²) < 4.78 is 7.79. The van der Waals surface area contributed by atoms with Gasteiger partial charge in [-0.2, -0.15) is 5.10 Å². The number of aromatic nitrogens is 2. The predicted molar refractivity (Wildman–Crippen MR) is 77.1 cm³/mol. The summed E-state index contributed by atoms with van der Waals surface area (Å²) in [6.45, 7) is 6.39. The SMILES string of the molecule is CCCNC(c1cnn(CCC)c1)C(OC)C1CC1. The lowest BCUT2D eigenvalue weighted by Gasteiger charge is -2.26. The van der Waals surface area contributed by atoms with Crippen LogP contribution in [0.3, 0.4) is 0 Å². The molecule has 1 fully saturated rings. The van der Waals surface area contributed by atoms with E-state index in [-0.39, 0.29) is 12.1 Å². The number of nitrogens with zero attached hydrogens (tertiary/aromatic N) is 2. The number of aryl methyl sites for hydroxylation is 1. The molecule has 0 amide bonds. The molecule has 0 aromatic carbocycles. The van der Waals surface area contributed by atoms with Gasteiger partial charge in [0, 0.05) is 25.4 Å². The van der Waals surface area contributed by atoms with Crippen molar-refractivity contribution in [3.05, 3.63) is 18.0 Å². The van der Waals surface area contributed by atoms with Gasteiger partial charge in [-0.05, 0) is 38.1 Å². The van der Waals surface area contributed by atoms with Gasteiger partial charge in [-0.3, -0.25) is 4.68 Å². The van der Waals surface area contributed by atoms with Crippen molar-refractivity contribution >= 4 is 0 Å². The molecule has 1 aliphatic rings. The second-order valence-corrected chi connectivity index (χ2v) is 5.51. The van der Waals surface area contributed by atoms with Gasteiger partial charge in [0.15, 0.2) is 0 Å². The van der Waals surface area contributed by atoms with E-state index in [0.717, 1.165) is 25.9 Å². The third-order valence-electron chi connectivity index (χ3n) is 3.77. The summed E-state index contributed by atoms with van der Waals surface area (Å²) in [6, 6.07) is 0.281. The van der Waals surface area contributed by atoms with Crippen molar-refractivity contribution in [2.75, 3.05) is 13.7 Å². The van der Waals surface area contributed by atoms with E-state index in [9.17, 15) is 0 Å². The Kier molecular flexibility index (Phi) is 5.40. The van der Waals surface area contributed by atoms with Crippen molar-refractivity contribution in [3.63, 3.8) is 0 Å². The zero-order valence-electron chi connectivity index (χ0n) is 12.4. The van der Waals surface area contributed by atoms with Crippen LogP contribution in [0, 0.1) is 5.92 Å². The minimum absolute atomic E-state index is 0.281. The highest BCUT2D eigenvalue weighted by atomic mass is 16.5.